The van der Waals surface area contributed by atoms with Gasteiger partial charge in [-0.1, -0.05) is 23.7 Å². The maximum absolute atomic E-state index is 13.6. The van der Waals surface area contributed by atoms with Crippen LogP contribution in [0.15, 0.2) is 18.2 Å². The van der Waals surface area contributed by atoms with Gasteiger partial charge in [-0.05, 0) is 13.0 Å². The van der Waals surface area contributed by atoms with E-state index in [1.807, 2.05) is 0 Å². The molecule has 0 radical (unpaired) electrons. The van der Waals surface area contributed by atoms with Gasteiger partial charge in [0.15, 0.2) is 0 Å². The van der Waals surface area contributed by atoms with E-state index in [9.17, 15) is 18.7 Å². The predicted octanol–water partition coefficient (Wildman–Crippen LogP) is 2.67. The zero-order valence-electron chi connectivity index (χ0n) is 9.90. The average molecular weight is 316 g/mol. The van der Waals surface area contributed by atoms with Gasteiger partial charge in [0.25, 0.3) is 0 Å². The Morgan fingerprint density at radius 3 is 2.68 bits per heavy atom. The van der Waals surface area contributed by atoms with Crippen molar-refractivity contribution >= 4 is 30.0 Å². The summed E-state index contributed by atoms with van der Waals surface area (Å²) in [6.07, 6.45) is 0. The zero-order chi connectivity index (χ0) is 13.9. The van der Waals surface area contributed by atoms with E-state index in [0.717, 1.165) is 0 Å². The first-order valence-corrected chi connectivity index (χ1v) is 5.48. The van der Waals surface area contributed by atoms with Crippen LogP contribution in [0.3, 0.4) is 0 Å². The summed E-state index contributed by atoms with van der Waals surface area (Å²) < 4.78 is 31.5. The van der Waals surface area contributed by atoms with Crippen molar-refractivity contribution in [2.24, 2.45) is 5.73 Å². The number of alkyl halides is 2. The molecule has 1 rings (SSSR count). The van der Waals surface area contributed by atoms with Crippen molar-refractivity contribution in [3.8, 4) is 5.75 Å². The van der Waals surface area contributed by atoms with Gasteiger partial charge < -0.3 is 15.6 Å². The number of ether oxygens (including phenoxy) is 1. The molecule has 1 aromatic carbocycles. The van der Waals surface area contributed by atoms with Crippen molar-refractivity contribution in [3.63, 3.8) is 0 Å². The first-order valence-electron chi connectivity index (χ1n) is 5.10. The first kappa shape index (κ1) is 17.9. The number of nitrogens with two attached hydrogens (primary N) is 1. The minimum atomic E-state index is -3.95. The molecule has 0 unspecified atom stereocenters. The van der Waals surface area contributed by atoms with Gasteiger partial charge >= 0.3 is 11.9 Å². The fourth-order valence-electron chi connectivity index (χ4n) is 1.33. The van der Waals surface area contributed by atoms with Crippen molar-refractivity contribution in [3.05, 3.63) is 28.8 Å². The predicted molar refractivity (Wildman–Crippen MR) is 68.9 cm³/mol. The van der Waals surface area contributed by atoms with Crippen LogP contribution in [-0.4, -0.2) is 23.6 Å². The third-order valence-electron chi connectivity index (χ3n) is 2.29. The van der Waals surface area contributed by atoms with Gasteiger partial charge in [0, 0.05) is 5.56 Å². The molecule has 0 aliphatic heterocycles. The second-order valence-corrected chi connectivity index (χ2v) is 3.91. The van der Waals surface area contributed by atoms with E-state index in [0.29, 0.717) is 0 Å². The van der Waals surface area contributed by atoms with Crippen LogP contribution in [0, 0.1) is 0 Å². The highest BCUT2D eigenvalue weighted by Gasteiger charge is 2.48. The van der Waals surface area contributed by atoms with Gasteiger partial charge in [0.1, 0.15) is 11.8 Å². The summed E-state index contributed by atoms with van der Waals surface area (Å²) >= 11 is 5.58. The maximum atomic E-state index is 13.6. The van der Waals surface area contributed by atoms with Crippen LogP contribution >= 0.6 is 24.0 Å². The monoisotopic (exact) mass is 315 g/mol. The smallest absolute Gasteiger partial charge is 0.379 e. The summed E-state index contributed by atoms with van der Waals surface area (Å²) in [5.74, 6) is -6.26. The average Bonchev–Trinajstić information content (AvgIpc) is 2.32. The molecule has 8 heteroatoms. The molecule has 0 aliphatic carbocycles. The molecule has 0 bridgehead atoms. The van der Waals surface area contributed by atoms with E-state index < -0.39 is 23.7 Å². The topological polar surface area (TPSA) is 72.5 Å². The van der Waals surface area contributed by atoms with Crippen LogP contribution in [0.25, 0.3) is 0 Å². The zero-order valence-corrected chi connectivity index (χ0v) is 11.5. The second-order valence-electron chi connectivity index (χ2n) is 3.50. The number of para-hydroxylation sites is 1. The Morgan fingerprint density at radius 1 is 1.58 bits per heavy atom. The van der Waals surface area contributed by atoms with Crippen molar-refractivity contribution < 1.29 is 23.4 Å². The molecule has 0 heterocycles. The Bertz CT molecular complexity index is 458. The Labute approximate surface area is 119 Å². The number of hydrogen-bond acceptors (Lipinski definition) is 4. The minimum absolute atomic E-state index is 0. The Hall–Kier alpha value is -1.11. The lowest BCUT2D eigenvalue weighted by molar-refractivity contribution is -0.174. The third-order valence-corrected chi connectivity index (χ3v) is 2.60. The van der Waals surface area contributed by atoms with Crippen molar-refractivity contribution in [1.29, 1.82) is 0 Å². The number of rotatable bonds is 4. The lowest BCUT2D eigenvalue weighted by atomic mass is 10.0. The summed E-state index contributed by atoms with van der Waals surface area (Å²) in [6, 6.07) is 1.79. The number of phenolic OH excluding ortho intramolecular Hbond substituents is 1. The molecular weight excluding hydrogens is 303 g/mol. The number of benzene rings is 1. The van der Waals surface area contributed by atoms with Crippen molar-refractivity contribution in [2.45, 2.75) is 18.9 Å². The molecule has 0 spiro atoms. The molecule has 0 aliphatic rings. The molecule has 0 fully saturated rings. The van der Waals surface area contributed by atoms with Crippen molar-refractivity contribution in [2.75, 3.05) is 6.61 Å². The highest BCUT2D eigenvalue weighted by Crippen LogP contribution is 2.37. The van der Waals surface area contributed by atoms with Gasteiger partial charge in [-0.2, -0.15) is 8.78 Å². The molecular formula is C11H13Cl2F2NO3. The van der Waals surface area contributed by atoms with Crippen molar-refractivity contribution in [1.82, 2.24) is 0 Å². The fraction of sp³-hybridized carbons (Fsp3) is 0.364. The van der Waals surface area contributed by atoms with E-state index in [-0.39, 0.29) is 29.6 Å². The summed E-state index contributed by atoms with van der Waals surface area (Å²) in [6.45, 7) is 1.21. The van der Waals surface area contributed by atoms with E-state index >= 15 is 0 Å². The number of esters is 1. The first-order chi connectivity index (χ1) is 8.32. The largest absolute Gasteiger partial charge is 0.506 e. The number of hydrogen-bond donors (Lipinski definition) is 2. The molecule has 0 aromatic heterocycles. The van der Waals surface area contributed by atoms with Crippen LogP contribution in [0.2, 0.25) is 5.02 Å². The molecule has 19 heavy (non-hydrogen) atoms. The standard InChI is InChI=1S/C11H12ClF2NO3.ClH/c1-2-18-10(17)11(13,14)9(15)6-4-3-5-7(12)8(6)16;/h3-5,9,16H,2,15H2,1H3;1H/t9-;/m1./s1. The van der Waals surface area contributed by atoms with E-state index in [2.05, 4.69) is 4.74 Å². The summed E-state index contributed by atoms with van der Waals surface area (Å²) in [5, 5.41) is 9.42. The lowest BCUT2D eigenvalue weighted by Crippen LogP contribution is -2.41. The second kappa shape index (κ2) is 6.88. The number of phenols is 1. The summed E-state index contributed by atoms with van der Waals surface area (Å²) in [7, 11) is 0. The maximum Gasteiger partial charge on any atom is 0.379 e. The van der Waals surface area contributed by atoms with Crippen LogP contribution in [0.1, 0.15) is 18.5 Å². The third kappa shape index (κ3) is 3.68. The van der Waals surface area contributed by atoms with Crippen LogP contribution in [0.4, 0.5) is 8.78 Å². The minimum Gasteiger partial charge on any atom is -0.506 e. The molecule has 4 nitrogen and oxygen atoms in total. The normalized spacial score (nSPS) is 12.5. The molecule has 1 atom stereocenters. The molecule has 108 valence electrons. The molecule has 0 saturated carbocycles. The SMILES string of the molecule is CCOC(=O)C(F)(F)[C@H](N)c1cccc(Cl)c1O.Cl. The lowest BCUT2D eigenvalue weighted by Gasteiger charge is -2.22. The molecule has 0 saturated heterocycles. The van der Waals surface area contributed by atoms with Gasteiger partial charge in [0.2, 0.25) is 0 Å². The summed E-state index contributed by atoms with van der Waals surface area (Å²) in [4.78, 5) is 11.1. The van der Waals surface area contributed by atoms with Gasteiger partial charge in [0.05, 0.1) is 11.6 Å². The fourth-order valence-corrected chi connectivity index (χ4v) is 1.51. The Balaban J connectivity index is 0.00000324. The number of carbonyl (C=O) groups excluding carboxylic acids is 1. The van der Waals surface area contributed by atoms with E-state index in [1.54, 1.807) is 0 Å². The van der Waals surface area contributed by atoms with Crippen LogP contribution in [0.5, 0.6) is 5.75 Å². The van der Waals surface area contributed by atoms with Gasteiger partial charge in [-0.15, -0.1) is 12.4 Å². The van der Waals surface area contributed by atoms with Gasteiger partial charge in [-0.25, -0.2) is 4.79 Å². The number of carbonyl (C=O) groups is 1. The number of halogens is 4. The Kier molecular flexibility index (Phi) is 6.48. The molecule has 1 aromatic rings. The van der Waals surface area contributed by atoms with E-state index in [1.165, 1.54) is 25.1 Å². The van der Waals surface area contributed by atoms with E-state index in [4.69, 9.17) is 17.3 Å². The highest BCUT2D eigenvalue weighted by molar-refractivity contribution is 6.32. The van der Waals surface area contributed by atoms with Gasteiger partial charge in [-0.3, -0.25) is 0 Å². The van der Waals surface area contributed by atoms with Crippen LogP contribution < -0.4 is 5.73 Å². The highest BCUT2D eigenvalue weighted by atomic mass is 35.5. The molecule has 3 N–H and O–H groups in total. The quantitative estimate of drug-likeness (QED) is 0.838. The Morgan fingerprint density at radius 2 is 2.16 bits per heavy atom. The number of aromatic hydroxyl groups is 1. The molecule has 0 amide bonds. The van der Waals surface area contributed by atoms with Crippen LogP contribution in [-0.2, 0) is 9.53 Å². The summed E-state index contributed by atoms with van der Waals surface area (Å²) in [5.41, 5.74) is 4.99.